The number of anilines is 1. The van der Waals surface area contributed by atoms with Gasteiger partial charge in [0, 0.05) is 33.1 Å². The number of aromatic nitrogens is 3. The highest BCUT2D eigenvalue weighted by atomic mass is 32.2. The quantitative estimate of drug-likeness (QED) is 0.449. The van der Waals surface area contributed by atoms with E-state index in [9.17, 15) is 13.2 Å². The molecule has 2 aliphatic heterocycles. The minimum Gasteiger partial charge on any atom is -0.443 e. The molecule has 0 aromatic carbocycles. The van der Waals surface area contributed by atoms with Crippen molar-refractivity contribution in [2.24, 2.45) is 0 Å². The van der Waals surface area contributed by atoms with Gasteiger partial charge in [-0.25, -0.2) is 23.2 Å². The van der Waals surface area contributed by atoms with Crippen LogP contribution in [0.2, 0.25) is 0 Å². The van der Waals surface area contributed by atoms with E-state index in [1.54, 1.807) is 0 Å². The molecular weight excluding hydrogens is 522 g/mol. The van der Waals surface area contributed by atoms with Crippen LogP contribution in [-0.4, -0.2) is 81.8 Å². The summed E-state index contributed by atoms with van der Waals surface area (Å²) >= 11 is 0. The van der Waals surface area contributed by atoms with Crippen LogP contribution in [0.5, 0.6) is 0 Å². The van der Waals surface area contributed by atoms with E-state index >= 15 is 0 Å². The van der Waals surface area contributed by atoms with Gasteiger partial charge in [0.2, 0.25) is 0 Å². The minimum absolute atomic E-state index is 0.0810. The Morgan fingerprint density at radius 3 is 2.67 bits per heavy atom. The number of nitrogens with zero attached hydrogens (tertiary/aromatic N) is 3. The maximum Gasteiger partial charge on any atom is 0.407 e. The highest BCUT2D eigenvalue weighted by Crippen LogP contribution is 2.42. The molecule has 1 unspecified atom stereocenters. The summed E-state index contributed by atoms with van der Waals surface area (Å²) in [4.78, 5) is 26.8. The van der Waals surface area contributed by atoms with Gasteiger partial charge in [0.25, 0.3) is 0 Å². The predicted octanol–water partition coefficient (Wildman–Crippen LogP) is 3.15. The number of hydrogen-bond donors (Lipinski definition) is 2. The summed E-state index contributed by atoms with van der Waals surface area (Å²) in [6.07, 6.45) is 2.44. The zero-order valence-corrected chi connectivity index (χ0v) is 23.3. The molecule has 0 saturated carbocycles. The molecule has 210 valence electrons. The number of carbonyl (C=O) groups is 1. The maximum atomic E-state index is 13.3. The van der Waals surface area contributed by atoms with Crippen molar-refractivity contribution in [1.29, 1.82) is 0 Å². The van der Waals surface area contributed by atoms with E-state index in [0.717, 1.165) is 17.8 Å². The topological polar surface area (TPSA) is 136 Å². The molecule has 39 heavy (non-hydrogen) atoms. The molecule has 1 atom stereocenters. The molecule has 3 aromatic rings. The third-order valence-electron chi connectivity index (χ3n) is 7.70. The van der Waals surface area contributed by atoms with Gasteiger partial charge in [-0.3, -0.25) is 0 Å². The van der Waals surface area contributed by atoms with Crippen LogP contribution < -0.4 is 10.2 Å². The van der Waals surface area contributed by atoms with Crippen molar-refractivity contribution in [3.63, 3.8) is 0 Å². The molecule has 0 spiro atoms. The number of rotatable bonds is 7. The molecule has 11 nitrogen and oxygen atoms in total. The van der Waals surface area contributed by atoms with Crippen molar-refractivity contribution in [2.75, 3.05) is 51.2 Å². The van der Waals surface area contributed by atoms with Crippen molar-refractivity contribution in [3.05, 3.63) is 41.6 Å². The fourth-order valence-electron chi connectivity index (χ4n) is 5.43. The summed E-state index contributed by atoms with van der Waals surface area (Å²) in [7, 11) is -1.97. The predicted molar refractivity (Wildman–Crippen MR) is 147 cm³/mol. The number of sulfone groups is 1. The van der Waals surface area contributed by atoms with Crippen molar-refractivity contribution in [1.82, 2.24) is 20.3 Å². The Labute approximate surface area is 228 Å². The second kappa shape index (κ2) is 11.1. The summed E-state index contributed by atoms with van der Waals surface area (Å²) in [6.45, 7) is 4.79. The number of carbonyl (C=O) groups excluding carboxylic acids is 1. The number of fused-ring (bicyclic) bond motifs is 1. The van der Waals surface area contributed by atoms with Gasteiger partial charge < -0.3 is 29.4 Å². The van der Waals surface area contributed by atoms with Gasteiger partial charge in [-0.15, -0.1) is 0 Å². The molecule has 1 amide bonds. The van der Waals surface area contributed by atoms with E-state index in [2.05, 4.69) is 22.1 Å². The Morgan fingerprint density at radius 2 is 1.95 bits per heavy atom. The minimum atomic E-state index is -3.48. The van der Waals surface area contributed by atoms with E-state index in [-0.39, 0.29) is 12.6 Å². The van der Waals surface area contributed by atoms with Gasteiger partial charge in [0.1, 0.15) is 17.2 Å². The molecule has 5 heterocycles. The Hall–Kier alpha value is -3.22. The van der Waals surface area contributed by atoms with Crippen molar-refractivity contribution >= 4 is 32.8 Å². The third kappa shape index (κ3) is 5.45. The van der Waals surface area contributed by atoms with Crippen LogP contribution in [0.15, 0.2) is 30.3 Å². The van der Waals surface area contributed by atoms with Crippen LogP contribution in [0.4, 0.5) is 10.6 Å². The maximum absolute atomic E-state index is 13.3. The Bertz CT molecular complexity index is 1450. The molecule has 0 radical (unpaired) electrons. The number of pyridine rings is 2. The lowest BCUT2D eigenvalue weighted by Crippen LogP contribution is -2.46. The van der Waals surface area contributed by atoms with Crippen LogP contribution >= 0.6 is 0 Å². The third-order valence-corrected chi connectivity index (χ3v) is 9.76. The SMILES string of the molecule is CCC1COCCN1c1cc(C2(S(C)(=O)=O)CCOCC2)cc(-c2ccc3[nH]c(COC(=O)NC)cc3n2)n1. The zero-order chi connectivity index (χ0) is 27.6. The summed E-state index contributed by atoms with van der Waals surface area (Å²) < 4.78 is 42.0. The molecule has 0 aliphatic carbocycles. The van der Waals surface area contributed by atoms with E-state index in [1.165, 1.54) is 13.3 Å². The second-order valence-electron chi connectivity index (χ2n) is 10.1. The number of hydrogen-bond acceptors (Lipinski definition) is 9. The van der Waals surface area contributed by atoms with Crippen molar-refractivity contribution < 1.29 is 27.4 Å². The molecule has 2 N–H and O–H groups in total. The first-order chi connectivity index (χ1) is 18.7. The van der Waals surface area contributed by atoms with E-state index in [1.807, 2.05) is 30.3 Å². The highest BCUT2D eigenvalue weighted by molar-refractivity contribution is 7.91. The van der Waals surface area contributed by atoms with Crippen LogP contribution in [0.25, 0.3) is 22.4 Å². The number of aromatic amines is 1. The van der Waals surface area contributed by atoms with Crippen LogP contribution in [0.3, 0.4) is 0 Å². The van der Waals surface area contributed by atoms with Gasteiger partial charge in [-0.05, 0) is 55.2 Å². The molecule has 0 bridgehead atoms. The molecule has 12 heteroatoms. The largest absolute Gasteiger partial charge is 0.443 e. The average molecular weight is 558 g/mol. The van der Waals surface area contributed by atoms with Gasteiger partial charge in [0.05, 0.1) is 47.4 Å². The number of ether oxygens (including phenoxy) is 3. The summed E-state index contributed by atoms with van der Waals surface area (Å²) in [6, 6.07) is 9.55. The fraction of sp³-hybridized carbons (Fsp3) is 0.519. The lowest BCUT2D eigenvalue weighted by Gasteiger charge is -2.39. The van der Waals surface area contributed by atoms with Crippen LogP contribution in [-0.2, 0) is 35.4 Å². The van der Waals surface area contributed by atoms with E-state index < -0.39 is 20.7 Å². The van der Waals surface area contributed by atoms with Gasteiger partial charge >= 0.3 is 6.09 Å². The molecule has 2 fully saturated rings. The Balaban J connectivity index is 1.61. The molecule has 2 saturated heterocycles. The highest BCUT2D eigenvalue weighted by Gasteiger charge is 2.44. The van der Waals surface area contributed by atoms with Crippen LogP contribution in [0.1, 0.15) is 37.4 Å². The summed E-state index contributed by atoms with van der Waals surface area (Å²) in [5, 5.41) is 2.42. The normalized spacial score (nSPS) is 19.7. The first-order valence-electron chi connectivity index (χ1n) is 13.2. The molecular formula is C27H35N5O6S. The van der Waals surface area contributed by atoms with Gasteiger partial charge in [-0.1, -0.05) is 6.92 Å². The standard InChI is InChI=1S/C27H35N5O6S/c1-4-20-17-37-12-9-32(20)25-14-18(27(39(3,34)35)7-10-36-11-8-27)13-23(31-25)22-6-5-21-24(30-22)15-19(29-21)16-38-26(33)28-2/h5-6,13-15,20,29H,4,7-12,16-17H2,1-3H3,(H,28,33). The average Bonchev–Trinajstić information content (AvgIpc) is 3.37. The Kier molecular flexibility index (Phi) is 7.79. The number of morpholine rings is 1. The number of amides is 1. The van der Waals surface area contributed by atoms with E-state index in [4.69, 9.17) is 24.2 Å². The van der Waals surface area contributed by atoms with Crippen molar-refractivity contribution in [3.8, 4) is 11.4 Å². The van der Waals surface area contributed by atoms with Gasteiger partial charge in [0.15, 0.2) is 9.84 Å². The van der Waals surface area contributed by atoms with Gasteiger partial charge in [-0.2, -0.15) is 0 Å². The first-order valence-corrected chi connectivity index (χ1v) is 15.1. The number of alkyl carbamates (subject to hydrolysis) is 1. The summed E-state index contributed by atoms with van der Waals surface area (Å²) in [5.41, 5.74) is 4.13. The summed E-state index contributed by atoms with van der Waals surface area (Å²) in [5.74, 6) is 0.725. The fourth-order valence-corrected chi connectivity index (χ4v) is 6.88. The lowest BCUT2D eigenvalue weighted by molar-refractivity contribution is 0.0741. The number of H-pyrrole nitrogens is 1. The molecule has 5 rings (SSSR count). The zero-order valence-electron chi connectivity index (χ0n) is 22.5. The molecule has 3 aromatic heterocycles. The molecule has 2 aliphatic rings. The van der Waals surface area contributed by atoms with Crippen LogP contribution in [0, 0.1) is 0 Å². The van der Waals surface area contributed by atoms with Crippen molar-refractivity contribution in [2.45, 2.75) is 43.6 Å². The van der Waals surface area contributed by atoms with E-state index in [0.29, 0.717) is 74.0 Å². The first kappa shape index (κ1) is 27.4. The lowest BCUT2D eigenvalue weighted by atomic mass is 9.90. The monoisotopic (exact) mass is 557 g/mol. The smallest absolute Gasteiger partial charge is 0.407 e. The number of nitrogens with one attached hydrogen (secondary N) is 2. The second-order valence-corrected chi connectivity index (χ2v) is 12.4. The Morgan fingerprint density at radius 1 is 1.15 bits per heavy atom.